The van der Waals surface area contributed by atoms with Crippen LogP contribution in [0.2, 0.25) is 0 Å². The molecule has 0 aliphatic carbocycles. The number of benzene rings is 1. The number of hydrogen-bond donors (Lipinski definition) is 9. The minimum atomic E-state index is -1.25. The molecule has 128 valence electrons. The van der Waals surface area contributed by atoms with Crippen LogP contribution in [-0.4, -0.2) is 73.3 Å². The normalized spacial score (nSPS) is 37.4. The summed E-state index contributed by atoms with van der Waals surface area (Å²) < 4.78 is 0. The molecule has 6 atom stereocenters. The molecule has 9 N–H and O–H groups in total. The van der Waals surface area contributed by atoms with Gasteiger partial charge in [-0.1, -0.05) is 0 Å². The molecule has 2 aliphatic heterocycles. The summed E-state index contributed by atoms with van der Waals surface area (Å²) in [6.07, 6.45) is -4.63. The van der Waals surface area contributed by atoms with Crippen molar-refractivity contribution in [3.8, 4) is 17.2 Å². The molecule has 0 aromatic heterocycles. The predicted molar refractivity (Wildman–Crippen MR) is 77.0 cm³/mol. The van der Waals surface area contributed by atoms with Crippen molar-refractivity contribution >= 4 is 0 Å². The zero-order valence-electron chi connectivity index (χ0n) is 12.1. The molecule has 2 heterocycles. The lowest BCUT2D eigenvalue weighted by molar-refractivity contribution is 0.0381. The molecule has 0 saturated carbocycles. The highest BCUT2D eigenvalue weighted by molar-refractivity contribution is 5.59. The van der Waals surface area contributed by atoms with E-state index in [9.17, 15) is 35.7 Å². The van der Waals surface area contributed by atoms with Crippen molar-refractivity contribution in [2.75, 3.05) is 13.1 Å². The number of β-amino-alcohol motifs (C(OH)–C–C–N with tert-alkyl or cyclic N) is 2. The Balaban J connectivity index is 2.07. The van der Waals surface area contributed by atoms with Crippen molar-refractivity contribution in [1.29, 1.82) is 0 Å². The molecule has 1 aromatic carbocycles. The smallest absolute Gasteiger partial charge is 0.132 e. The SMILES string of the molecule is Oc1cc(O)c([C@H]2NC[C@@H](O)[C@@H]2O)c(O)c1[C@H]1NC[C@@H](O)[C@@H]1O. The van der Waals surface area contributed by atoms with E-state index >= 15 is 0 Å². The molecule has 0 radical (unpaired) electrons. The van der Waals surface area contributed by atoms with E-state index in [-0.39, 0.29) is 24.2 Å². The second-order valence-electron chi connectivity index (χ2n) is 5.98. The Bertz CT molecular complexity index is 563. The molecular weight excluding hydrogens is 308 g/mol. The van der Waals surface area contributed by atoms with Gasteiger partial charge in [-0.25, -0.2) is 0 Å². The zero-order chi connectivity index (χ0) is 16.9. The van der Waals surface area contributed by atoms with E-state index in [0.717, 1.165) is 6.07 Å². The zero-order valence-corrected chi connectivity index (χ0v) is 12.1. The molecule has 3 rings (SSSR count). The van der Waals surface area contributed by atoms with Gasteiger partial charge in [-0.05, 0) is 0 Å². The maximum absolute atomic E-state index is 10.5. The summed E-state index contributed by atoms with van der Waals surface area (Å²) in [5.41, 5.74) is -0.172. The lowest BCUT2D eigenvalue weighted by atomic mass is 9.92. The number of aliphatic hydroxyl groups excluding tert-OH is 4. The summed E-state index contributed by atoms with van der Waals surface area (Å²) in [5.74, 6) is -1.43. The number of phenols is 3. The highest BCUT2D eigenvalue weighted by Gasteiger charge is 2.42. The first-order chi connectivity index (χ1) is 10.8. The molecule has 9 heteroatoms. The van der Waals surface area contributed by atoms with Crippen LogP contribution in [0.25, 0.3) is 0 Å². The Morgan fingerprint density at radius 2 is 1.13 bits per heavy atom. The van der Waals surface area contributed by atoms with Gasteiger partial charge in [-0.3, -0.25) is 0 Å². The average molecular weight is 328 g/mol. The number of aromatic hydroxyl groups is 3. The molecule has 2 fully saturated rings. The van der Waals surface area contributed by atoms with Crippen molar-refractivity contribution in [2.24, 2.45) is 0 Å². The third kappa shape index (κ3) is 2.51. The van der Waals surface area contributed by atoms with Crippen molar-refractivity contribution in [2.45, 2.75) is 36.5 Å². The average Bonchev–Trinajstić information content (AvgIpc) is 2.97. The molecule has 0 amide bonds. The van der Waals surface area contributed by atoms with E-state index in [4.69, 9.17) is 0 Å². The van der Waals surface area contributed by atoms with Gasteiger partial charge in [0.2, 0.25) is 0 Å². The summed E-state index contributed by atoms with van der Waals surface area (Å²) >= 11 is 0. The minimum absolute atomic E-state index is 0.0734. The monoisotopic (exact) mass is 328 g/mol. The van der Waals surface area contributed by atoms with E-state index in [1.807, 2.05) is 0 Å². The van der Waals surface area contributed by atoms with Gasteiger partial charge in [-0.2, -0.15) is 0 Å². The molecule has 1 aromatic rings. The number of nitrogens with one attached hydrogen (secondary N) is 2. The van der Waals surface area contributed by atoms with Crippen molar-refractivity contribution in [3.05, 3.63) is 17.2 Å². The van der Waals surface area contributed by atoms with Crippen LogP contribution in [0.3, 0.4) is 0 Å². The standard InChI is InChI=1S/C14H20N2O7/c17-4-1-5(18)9(11-13(22)7(20)3-16-11)14(23)8(4)10-12(21)6(19)2-15-10/h1,6-7,10-13,15-23H,2-3H2/t6-,7-,10-,11-,12+,13+/m1/s1. The lowest BCUT2D eigenvalue weighted by Crippen LogP contribution is -2.28. The van der Waals surface area contributed by atoms with Crippen LogP contribution in [0, 0.1) is 0 Å². The Labute approximate surface area is 131 Å². The van der Waals surface area contributed by atoms with Gasteiger partial charge in [0.1, 0.15) is 29.5 Å². The van der Waals surface area contributed by atoms with E-state index < -0.39 is 53.7 Å². The maximum atomic E-state index is 10.5. The number of aliphatic hydroxyl groups is 4. The number of rotatable bonds is 2. The van der Waals surface area contributed by atoms with E-state index in [0.29, 0.717) is 0 Å². The van der Waals surface area contributed by atoms with Gasteiger partial charge in [-0.15, -0.1) is 0 Å². The molecular formula is C14H20N2O7. The Morgan fingerprint density at radius 1 is 0.739 bits per heavy atom. The van der Waals surface area contributed by atoms with Crippen LogP contribution < -0.4 is 10.6 Å². The molecule has 9 nitrogen and oxygen atoms in total. The van der Waals surface area contributed by atoms with Gasteiger partial charge >= 0.3 is 0 Å². The fourth-order valence-corrected chi connectivity index (χ4v) is 3.25. The first kappa shape index (κ1) is 16.2. The van der Waals surface area contributed by atoms with Crippen LogP contribution in [0.4, 0.5) is 0 Å². The lowest BCUT2D eigenvalue weighted by Gasteiger charge is -2.24. The first-order valence-electron chi connectivity index (χ1n) is 7.29. The molecule has 0 unspecified atom stereocenters. The summed E-state index contributed by atoms with van der Waals surface area (Å²) in [5, 5.41) is 75.3. The van der Waals surface area contributed by atoms with E-state index in [1.54, 1.807) is 0 Å². The quantitative estimate of drug-likeness (QED) is 0.286. The molecule has 0 spiro atoms. The molecule has 2 saturated heterocycles. The van der Waals surface area contributed by atoms with Crippen molar-refractivity contribution < 1.29 is 35.7 Å². The van der Waals surface area contributed by atoms with Crippen LogP contribution in [0.5, 0.6) is 17.2 Å². The van der Waals surface area contributed by atoms with Crippen molar-refractivity contribution in [3.63, 3.8) is 0 Å². The van der Waals surface area contributed by atoms with Crippen LogP contribution in [0.15, 0.2) is 6.07 Å². The number of phenolic OH excluding ortho intramolecular Hbond substituents is 3. The van der Waals surface area contributed by atoms with E-state index in [1.165, 1.54) is 0 Å². The largest absolute Gasteiger partial charge is 0.507 e. The Kier molecular flexibility index (Phi) is 4.08. The Hall–Kier alpha value is -1.62. The van der Waals surface area contributed by atoms with Gasteiger partial charge in [0.15, 0.2) is 0 Å². The van der Waals surface area contributed by atoms with Gasteiger partial charge in [0.05, 0.1) is 35.4 Å². The van der Waals surface area contributed by atoms with Gasteiger partial charge in [0.25, 0.3) is 0 Å². The maximum Gasteiger partial charge on any atom is 0.132 e. The third-order valence-corrected chi connectivity index (χ3v) is 4.52. The topological polar surface area (TPSA) is 166 Å². The summed E-state index contributed by atoms with van der Waals surface area (Å²) in [7, 11) is 0. The third-order valence-electron chi connectivity index (χ3n) is 4.52. The van der Waals surface area contributed by atoms with Gasteiger partial charge < -0.3 is 46.4 Å². The summed E-state index contributed by atoms with van der Waals surface area (Å²) in [6.45, 7) is 0.147. The molecule has 23 heavy (non-hydrogen) atoms. The van der Waals surface area contributed by atoms with Crippen molar-refractivity contribution in [1.82, 2.24) is 10.6 Å². The fourth-order valence-electron chi connectivity index (χ4n) is 3.25. The second kappa shape index (κ2) is 5.78. The van der Waals surface area contributed by atoms with Gasteiger partial charge in [0, 0.05) is 19.2 Å². The molecule has 0 bridgehead atoms. The summed E-state index contributed by atoms with van der Waals surface area (Å²) in [6, 6.07) is -0.886. The Morgan fingerprint density at radius 3 is 1.43 bits per heavy atom. The van der Waals surface area contributed by atoms with Crippen LogP contribution in [-0.2, 0) is 0 Å². The number of hydrogen-bond acceptors (Lipinski definition) is 9. The highest BCUT2D eigenvalue weighted by atomic mass is 16.3. The molecule has 2 aliphatic rings. The first-order valence-corrected chi connectivity index (χ1v) is 7.29. The minimum Gasteiger partial charge on any atom is -0.507 e. The van der Waals surface area contributed by atoms with Crippen LogP contribution in [0.1, 0.15) is 23.2 Å². The summed E-state index contributed by atoms with van der Waals surface area (Å²) in [4.78, 5) is 0. The second-order valence-corrected chi connectivity index (χ2v) is 5.98. The highest BCUT2D eigenvalue weighted by Crippen LogP contribution is 2.47. The van der Waals surface area contributed by atoms with Crippen LogP contribution >= 0.6 is 0 Å². The fraction of sp³-hybridized carbons (Fsp3) is 0.571. The predicted octanol–water partition coefficient (Wildman–Crippen LogP) is -2.46. The van der Waals surface area contributed by atoms with E-state index in [2.05, 4.69) is 10.6 Å².